The van der Waals surface area contributed by atoms with Crippen LogP contribution in [0.15, 0.2) is 12.1 Å². The SMILES string of the molecule is CC#CCc1cc(C(=O)O)c(C)cc1C. The van der Waals surface area contributed by atoms with Gasteiger partial charge in [-0.3, -0.25) is 0 Å². The lowest BCUT2D eigenvalue weighted by Gasteiger charge is -2.07. The Balaban J connectivity index is 3.21. The molecule has 0 aliphatic heterocycles. The van der Waals surface area contributed by atoms with E-state index in [2.05, 4.69) is 11.8 Å². The maximum Gasteiger partial charge on any atom is 0.335 e. The molecule has 2 nitrogen and oxygen atoms in total. The Hall–Kier alpha value is -1.75. The number of aryl methyl sites for hydroxylation is 2. The van der Waals surface area contributed by atoms with Crippen LogP contribution in [-0.2, 0) is 6.42 Å². The molecule has 0 bridgehead atoms. The van der Waals surface area contributed by atoms with E-state index in [0.717, 1.165) is 16.7 Å². The molecule has 2 heteroatoms. The fraction of sp³-hybridized carbons (Fsp3) is 0.308. The quantitative estimate of drug-likeness (QED) is 0.748. The molecule has 0 heterocycles. The third kappa shape index (κ3) is 2.60. The summed E-state index contributed by atoms with van der Waals surface area (Å²) in [5, 5.41) is 8.97. The number of aromatic carboxylic acids is 1. The van der Waals surface area contributed by atoms with Crippen LogP contribution in [0.25, 0.3) is 0 Å². The van der Waals surface area contributed by atoms with Crippen molar-refractivity contribution >= 4 is 5.97 Å². The Kier molecular flexibility index (Phi) is 3.51. The van der Waals surface area contributed by atoms with E-state index in [4.69, 9.17) is 5.11 Å². The van der Waals surface area contributed by atoms with Gasteiger partial charge in [0.1, 0.15) is 0 Å². The van der Waals surface area contributed by atoms with Gasteiger partial charge in [0.15, 0.2) is 0 Å². The summed E-state index contributed by atoms with van der Waals surface area (Å²) >= 11 is 0. The highest BCUT2D eigenvalue weighted by molar-refractivity contribution is 5.89. The van der Waals surface area contributed by atoms with Gasteiger partial charge in [-0.15, -0.1) is 5.92 Å². The molecule has 0 spiro atoms. The second-order valence-corrected chi connectivity index (χ2v) is 3.50. The van der Waals surface area contributed by atoms with Crippen molar-refractivity contribution < 1.29 is 9.90 Å². The summed E-state index contributed by atoms with van der Waals surface area (Å²) in [6.45, 7) is 5.57. The van der Waals surface area contributed by atoms with Crippen molar-refractivity contribution in [3.63, 3.8) is 0 Å². The normalized spacial score (nSPS) is 9.27. The average Bonchev–Trinajstić information content (AvgIpc) is 2.16. The van der Waals surface area contributed by atoms with Gasteiger partial charge in [0.05, 0.1) is 5.56 Å². The minimum absolute atomic E-state index is 0.369. The standard InChI is InChI=1S/C13H14O2/c1-4-5-6-11-8-12(13(14)15)10(3)7-9(11)2/h7-8H,6H2,1-3H3,(H,14,15). The molecule has 0 atom stereocenters. The third-order valence-corrected chi connectivity index (χ3v) is 2.37. The first-order valence-electron chi connectivity index (χ1n) is 4.79. The van der Waals surface area contributed by atoms with Gasteiger partial charge in [0.2, 0.25) is 0 Å². The largest absolute Gasteiger partial charge is 0.478 e. The number of carbonyl (C=O) groups is 1. The summed E-state index contributed by atoms with van der Waals surface area (Å²) in [4.78, 5) is 10.9. The molecule has 0 fully saturated rings. The Morgan fingerprint density at radius 3 is 2.53 bits per heavy atom. The molecule has 1 aromatic carbocycles. The topological polar surface area (TPSA) is 37.3 Å². The van der Waals surface area contributed by atoms with E-state index in [1.807, 2.05) is 19.9 Å². The summed E-state index contributed by atoms with van der Waals surface area (Å²) in [6.07, 6.45) is 0.614. The van der Waals surface area contributed by atoms with Crippen molar-refractivity contribution in [2.45, 2.75) is 27.2 Å². The Bertz CT molecular complexity index is 448. The van der Waals surface area contributed by atoms with Crippen LogP contribution in [0.4, 0.5) is 0 Å². The van der Waals surface area contributed by atoms with Crippen LogP contribution in [0.2, 0.25) is 0 Å². The molecule has 0 aliphatic carbocycles. The lowest BCUT2D eigenvalue weighted by atomic mass is 9.98. The van der Waals surface area contributed by atoms with Crippen LogP contribution in [0.3, 0.4) is 0 Å². The molecule has 15 heavy (non-hydrogen) atoms. The number of hydrogen-bond donors (Lipinski definition) is 1. The van der Waals surface area contributed by atoms with Gasteiger partial charge in [0.25, 0.3) is 0 Å². The molecule has 0 aromatic heterocycles. The van der Waals surface area contributed by atoms with Gasteiger partial charge in [-0.25, -0.2) is 4.79 Å². The highest BCUT2D eigenvalue weighted by Crippen LogP contribution is 2.16. The van der Waals surface area contributed by atoms with Gasteiger partial charge in [0, 0.05) is 6.42 Å². The maximum atomic E-state index is 10.9. The number of carboxylic acid groups (broad SMARTS) is 1. The lowest BCUT2D eigenvalue weighted by molar-refractivity contribution is 0.0696. The van der Waals surface area contributed by atoms with Gasteiger partial charge >= 0.3 is 5.97 Å². The van der Waals surface area contributed by atoms with E-state index in [9.17, 15) is 4.79 Å². The van der Waals surface area contributed by atoms with Gasteiger partial charge in [-0.2, -0.15) is 0 Å². The zero-order valence-corrected chi connectivity index (χ0v) is 9.22. The fourth-order valence-corrected chi connectivity index (χ4v) is 1.50. The molecule has 0 amide bonds. The first-order valence-corrected chi connectivity index (χ1v) is 4.79. The van der Waals surface area contributed by atoms with E-state index in [1.165, 1.54) is 0 Å². The molecule has 1 aromatic rings. The van der Waals surface area contributed by atoms with Crippen LogP contribution < -0.4 is 0 Å². The first-order chi connectivity index (χ1) is 7.06. The lowest BCUT2D eigenvalue weighted by Crippen LogP contribution is -2.02. The van der Waals surface area contributed by atoms with E-state index in [0.29, 0.717) is 12.0 Å². The molecule has 0 saturated heterocycles. The van der Waals surface area contributed by atoms with Crippen molar-refractivity contribution in [2.75, 3.05) is 0 Å². The van der Waals surface area contributed by atoms with E-state index < -0.39 is 5.97 Å². The summed E-state index contributed by atoms with van der Waals surface area (Å²) in [5.74, 6) is 4.88. The number of benzene rings is 1. The van der Waals surface area contributed by atoms with Crippen molar-refractivity contribution in [3.05, 3.63) is 34.4 Å². The molecule has 78 valence electrons. The van der Waals surface area contributed by atoms with Crippen LogP contribution in [-0.4, -0.2) is 11.1 Å². The second kappa shape index (κ2) is 4.65. The fourth-order valence-electron chi connectivity index (χ4n) is 1.50. The van der Waals surface area contributed by atoms with Crippen molar-refractivity contribution in [1.29, 1.82) is 0 Å². The van der Waals surface area contributed by atoms with Crippen LogP contribution in [0.5, 0.6) is 0 Å². The summed E-state index contributed by atoms with van der Waals surface area (Å²) in [6, 6.07) is 3.62. The van der Waals surface area contributed by atoms with Gasteiger partial charge in [-0.05, 0) is 43.5 Å². The monoisotopic (exact) mass is 202 g/mol. The zero-order chi connectivity index (χ0) is 11.4. The minimum atomic E-state index is -0.877. The Labute approximate surface area is 89.9 Å². The van der Waals surface area contributed by atoms with Crippen LogP contribution in [0.1, 0.15) is 34.0 Å². The molecule has 0 unspecified atom stereocenters. The Morgan fingerprint density at radius 1 is 1.33 bits per heavy atom. The van der Waals surface area contributed by atoms with Crippen LogP contribution in [0, 0.1) is 25.7 Å². The summed E-state index contributed by atoms with van der Waals surface area (Å²) < 4.78 is 0. The van der Waals surface area contributed by atoms with Crippen LogP contribution >= 0.6 is 0 Å². The number of rotatable bonds is 2. The van der Waals surface area contributed by atoms with Crippen molar-refractivity contribution in [1.82, 2.24) is 0 Å². The minimum Gasteiger partial charge on any atom is -0.478 e. The highest BCUT2D eigenvalue weighted by atomic mass is 16.4. The van der Waals surface area contributed by atoms with Gasteiger partial charge in [-0.1, -0.05) is 12.0 Å². The smallest absolute Gasteiger partial charge is 0.335 e. The molecular formula is C13H14O2. The first kappa shape index (κ1) is 11.3. The molecule has 1 N–H and O–H groups in total. The average molecular weight is 202 g/mol. The summed E-state index contributed by atoms with van der Waals surface area (Å²) in [7, 11) is 0. The zero-order valence-electron chi connectivity index (χ0n) is 9.22. The third-order valence-electron chi connectivity index (χ3n) is 2.37. The number of carboxylic acids is 1. The molecular weight excluding hydrogens is 188 g/mol. The molecule has 0 aliphatic rings. The maximum absolute atomic E-state index is 10.9. The second-order valence-electron chi connectivity index (χ2n) is 3.50. The van der Waals surface area contributed by atoms with E-state index >= 15 is 0 Å². The highest BCUT2D eigenvalue weighted by Gasteiger charge is 2.09. The molecule has 0 radical (unpaired) electrons. The molecule has 0 saturated carbocycles. The summed E-state index contributed by atoms with van der Waals surface area (Å²) in [5.41, 5.74) is 3.26. The van der Waals surface area contributed by atoms with E-state index in [-0.39, 0.29) is 0 Å². The predicted molar refractivity (Wildman–Crippen MR) is 60.0 cm³/mol. The number of hydrogen-bond acceptors (Lipinski definition) is 1. The van der Waals surface area contributed by atoms with E-state index in [1.54, 1.807) is 13.0 Å². The van der Waals surface area contributed by atoms with Gasteiger partial charge < -0.3 is 5.11 Å². The van der Waals surface area contributed by atoms with Crippen molar-refractivity contribution in [3.8, 4) is 11.8 Å². The Morgan fingerprint density at radius 2 is 2.00 bits per heavy atom. The molecule has 1 rings (SSSR count). The van der Waals surface area contributed by atoms with Crippen molar-refractivity contribution in [2.24, 2.45) is 0 Å². The predicted octanol–water partition coefficient (Wildman–Crippen LogP) is 2.57.